The van der Waals surface area contributed by atoms with Crippen LogP contribution in [0.25, 0.3) is 10.9 Å². The Kier molecular flexibility index (Phi) is 4.50. The monoisotopic (exact) mass is 377 g/mol. The Bertz CT molecular complexity index is 923. The molecule has 3 heterocycles. The van der Waals surface area contributed by atoms with Gasteiger partial charge in [0.1, 0.15) is 0 Å². The zero-order valence-electron chi connectivity index (χ0n) is 14.7. The fourth-order valence-corrected chi connectivity index (χ4v) is 6.12. The average molecular weight is 377 g/mol. The van der Waals surface area contributed by atoms with E-state index in [0.717, 1.165) is 10.9 Å². The van der Waals surface area contributed by atoms with Crippen molar-refractivity contribution in [2.24, 2.45) is 0 Å². The van der Waals surface area contributed by atoms with E-state index in [1.165, 1.54) is 0 Å². The molecule has 2 aromatic rings. The summed E-state index contributed by atoms with van der Waals surface area (Å²) in [5.41, 5.74) is 1.50. The maximum absolute atomic E-state index is 13.1. The number of amides is 1. The van der Waals surface area contributed by atoms with E-state index in [2.05, 4.69) is 9.88 Å². The quantitative estimate of drug-likeness (QED) is 0.850. The molecule has 2 aliphatic rings. The molecule has 0 bridgehead atoms. The van der Waals surface area contributed by atoms with Crippen molar-refractivity contribution in [3.05, 3.63) is 36.0 Å². The number of hydrogen-bond acceptors (Lipinski definition) is 5. The van der Waals surface area contributed by atoms with Crippen LogP contribution in [0.2, 0.25) is 0 Å². The van der Waals surface area contributed by atoms with Crippen molar-refractivity contribution in [1.29, 1.82) is 0 Å². The molecule has 1 aromatic carbocycles. The van der Waals surface area contributed by atoms with Crippen LogP contribution in [0.5, 0.6) is 0 Å². The highest BCUT2D eigenvalue weighted by Gasteiger charge is 2.47. The Hall–Kier alpha value is -1.90. The lowest BCUT2D eigenvalue weighted by Crippen LogP contribution is -2.61. The summed E-state index contributed by atoms with van der Waals surface area (Å²) in [7, 11) is -1.51. The predicted octanol–water partition coefficient (Wildman–Crippen LogP) is 0.738. The molecule has 140 valence electrons. The normalized spacial score (nSPS) is 25.5. The van der Waals surface area contributed by atoms with Crippen molar-refractivity contribution in [1.82, 2.24) is 14.8 Å². The van der Waals surface area contributed by atoms with Crippen molar-refractivity contribution in [2.45, 2.75) is 12.1 Å². The molecule has 2 saturated heterocycles. The van der Waals surface area contributed by atoms with E-state index in [-0.39, 0.29) is 29.5 Å². The Labute approximate surface area is 152 Å². The average Bonchev–Trinajstić information content (AvgIpc) is 3.21. The summed E-state index contributed by atoms with van der Waals surface area (Å²) >= 11 is 0. The third-order valence-electron chi connectivity index (χ3n) is 5.44. The molecule has 0 saturated carbocycles. The minimum atomic E-state index is -3.14. The number of sulfone groups is 1. The molecule has 0 aliphatic carbocycles. The van der Waals surface area contributed by atoms with Gasteiger partial charge in [0.05, 0.1) is 24.2 Å². The fourth-order valence-electron chi connectivity index (χ4n) is 4.11. The first-order chi connectivity index (χ1) is 12.5. The Morgan fingerprint density at radius 3 is 2.85 bits per heavy atom. The van der Waals surface area contributed by atoms with Gasteiger partial charge >= 0.3 is 0 Å². The number of H-pyrrole nitrogens is 1. The zero-order chi connectivity index (χ0) is 18.3. The molecule has 1 aromatic heterocycles. The number of fused-ring (bicyclic) bond motifs is 2. The summed E-state index contributed by atoms with van der Waals surface area (Å²) in [6, 6.07) is 7.08. The van der Waals surface area contributed by atoms with E-state index in [0.29, 0.717) is 31.8 Å². The van der Waals surface area contributed by atoms with Gasteiger partial charge in [-0.1, -0.05) is 6.07 Å². The summed E-state index contributed by atoms with van der Waals surface area (Å²) < 4.78 is 29.7. The van der Waals surface area contributed by atoms with Gasteiger partial charge in [-0.15, -0.1) is 0 Å². The van der Waals surface area contributed by atoms with E-state index in [1.807, 2.05) is 30.5 Å². The lowest BCUT2D eigenvalue weighted by atomic mass is 10.0. The van der Waals surface area contributed by atoms with E-state index in [1.54, 1.807) is 12.0 Å². The van der Waals surface area contributed by atoms with Gasteiger partial charge in [-0.2, -0.15) is 0 Å². The number of hydrogen-bond donors (Lipinski definition) is 1. The summed E-state index contributed by atoms with van der Waals surface area (Å²) in [5, 5.41) is 1.05. The number of ether oxygens (including phenoxy) is 1. The van der Waals surface area contributed by atoms with Crippen LogP contribution < -0.4 is 0 Å². The molecule has 0 spiro atoms. The molecule has 26 heavy (non-hydrogen) atoms. The Morgan fingerprint density at radius 2 is 2.04 bits per heavy atom. The summed E-state index contributed by atoms with van der Waals surface area (Å²) in [4.78, 5) is 20.1. The molecule has 2 aliphatic heterocycles. The van der Waals surface area contributed by atoms with Crippen molar-refractivity contribution in [2.75, 3.05) is 44.9 Å². The highest BCUT2D eigenvalue weighted by atomic mass is 32.2. The van der Waals surface area contributed by atoms with Crippen LogP contribution in [0, 0.1) is 0 Å². The van der Waals surface area contributed by atoms with E-state index in [4.69, 9.17) is 4.74 Å². The molecule has 2 fully saturated rings. The third kappa shape index (κ3) is 3.13. The maximum atomic E-state index is 13.1. The van der Waals surface area contributed by atoms with Crippen molar-refractivity contribution >= 4 is 26.6 Å². The molecule has 1 amide bonds. The number of aromatic amines is 1. The van der Waals surface area contributed by atoms with Crippen LogP contribution in [0.1, 0.15) is 10.4 Å². The zero-order valence-corrected chi connectivity index (χ0v) is 15.5. The molecular formula is C18H23N3O4S. The number of rotatable bonds is 4. The standard InChI is InChI=1S/C18H23N3O4S/c1-25-9-8-20-6-7-21(17-12-26(23,24)11-16(17)20)18(22)14-3-2-13-4-5-19-15(13)10-14/h2-5,10,16-17,19H,6-9,11-12H2,1H3/t16-,17+/m0/s1. The van der Waals surface area contributed by atoms with E-state index < -0.39 is 9.84 Å². The van der Waals surface area contributed by atoms with Gasteiger partial charge < -0.3 is 14.6 Å². The number of carbonyl (C=O) groups excluding carboxylic acids is 1. The number of carbonyl (C=O) groups is 1. The number of methoxy groups -OCH3 is 1. The van der Waals surface area contributed by atoms with Crippen molar-refractivity contribution in [3.63, 3.8) is 0 Å². The summed E-state index contributed by atoms with van der Waals surface area (Å²) in [6.07, 6.45) is 1.84. The first kappa shape index (κ1) is 17.5. The van der Waals surface area contributed by atoms with Gasteiger partial charge in [0.2, 0.25) is 0 Å². The molecule has 2 atom stereocenters. The van der Waals surface area contributed by atoms with Crippen LogP contribution in [-0.4, -0.2) is 86.0 Å². The van der Waals surface area contributed by atoms with Crippen LogP contribution in [-0.2, 0) is 14.6 Å². The van der Waals surface area contributed by atoms with Crippen LogP contribution in [0.4, 0.5) is 0 Å². The predicted molar refractivity (Wildman–Crippen MR) is 99.0 cm³/mol. The fraction of sp³-hybridized carbons (Fsp3) is 0.500. The lowest BCUT2D eigenvalue weighted by molar-refractivity contribution is 0.0247. The molecule has 8 heteroatoms. The first-order valence-corrected chi connectivity index (χ1v) is 10.6. The smallest absolute Gasteiger partial charge is 0.254 e. The third-order valence-corrected chi connectivity index (χ3v) is 7.14. The number of nitrogens with one attached hydrogen (secondary N) is 1. The van der Waals surface area contributed by atoms with E-state index >= 15 is 0 Å². The van der Waals surface area contributed by atoms with Crippen molar-refractivity contribution in [3.8, 4) is 0 Å². The lowest BCUT2D eigenvalue weighted by Gasteiger charge is -2.43. The first-order valence-electron chi connectivity index (χ1n) is 8.80. The second kappa shape index (κ2) is 6.68. The molecule has 1 N–H and O–H groups in total. The molecule has 0 radical (unpaired) electrons. The molecular weight excluding hydrogens is 354 g/mol. The number of nitrogens with zero attached hydrogens (tertiary/aromatic N) is 2. The maximum Gasteiger partial charge on any atom is 0.254 e. The number of piperazine rings is 1. The van der Waals surface area contributed by atoms with Gasteiger partial charge in [-0.05, 0) is 23.6 Å². The summed E-state index contributed by atoms with van der Waals surface area (Å²) in [6.45, 7) is 2.43. The highest BCUT2D eigenvalue weighted by Crippen LogP contribution is 2.28. The minimum absolute atomic E-state index is 0.0393. The molecule has 7 nitrogen and oxygen atoms in total. The second-order valence-electron chi connectivity index (χ2n) is 7.02. The van der Waals surface area contributed by atoms with Crippen LogP contribution >= 0.6 is 0 Å². The van der Waals surface area contributed by atoms with Gasteiger partial charge in [-0.3, -0.25) is 9.69 Å². The number of aromatic nitrogens is 1. The highest BCUT2D eigenvalue weighted by molar-refractivity contribution is 7.91. The van der Waals surface area contributed by atoms with Crippen LogP contribution in [0.15, 0.2) is 30.5 Å². The van der Waals surface area contributed by atoms with Crippen LogP contribution in [0.3, 0.4) is 0 Å². The number of benzene rings is 1. The topological polar surface area (TPSA) is 82.7 Å². The minimum Gasteiger partial charge on any atom is -0.383 e. The molecule has 4 rings (SSSR count). The second-order valence-corrected chi connectivity index (χ2v) is 9.17. The summed E-state index contributed by atoms with van der Waals surface area (Å²) in [5.74, 6) is 0.0540. The molecule has 0 unspecified atom stereocenters. The van der Waals surface area contributed by atoms with Crippen molar-refractivity contribution < 1.29 is 17.9 Å². The largest absolute Gasteiger partial charge is 0.383 e. The SMILES string of the molecule is COCCN1CCN(C(=O)c2ccc3cc[nH]c3c2)[C@@H]2CS(=O)(=O)C[C@@H]21. The van der Waals surface area contributed by atoms with Gasteiger partial charge in [0.15, 0.2) is 9.84 Å². The van der Waals surface area contributed by atoms with Gasteiger partial charge in [0, 0.05) is 50.1 Å². The van der Waals surface area contributed by atoms with E-state index in [9.17, 15) is 13.2 Å². The Balaban J connectivity index is 1.60. The van der Waals surface area contributed by atoms with Gasteiger partial charge in [-0.25, -0.2) is 8.42 Å². The Morgan fingerprint density at radius 1 is 1.23 bits per heavy atom. The van der Waals surface area contributed by atoms with Gasteiger partial charge in [0.25, 0.3) is 5.91 Å².